The summed E-state index contributed by atoms with van der Waals surface area (Å²) in [6, 6.07) is 1.56. The Bertz CT molecular complexity index is 461. The van der Waals surface area contributed by atoms with Gasteiger partial charge in [-0.1, -0.05) is 11.6 Å². The summed E-state index contributed by atoms with van der Waals surface area (Å²) in [5.74, 6) is 0.543. The summed E-state index contributed by atoms with van der Waals surface area (Å²) in [7, 11) is 1.78. The van der Waals surface area contributed by atoms with Gasteiger partial charge in [0.1, 0.15) is 5.82 Å². The van der Waals surface area contributed by atoms with Crippen molar-refractivity contribution in [2.24, 2.45) is 5.92 Å². The molecule has 1 aliphatic heterocycles. The summed E-state index contributed by atoms with van der Waals surface area (Å²) < 4.78 is 5.42. The molecular weight excluding hydrogens is 266 g/mol. The molecule has 104 valence electrons. The fourth-order valence-corrected chi connectivity index (χ4v) is 2.37. The van der Waals surface area contributed by atoms with Crippen molar-refractivity contribution in [3.63, 3.8) is 0 Å². The maximum Gasteiger partial charge on any atom is 0.255 e. The summed E-state index contributed by atoms with van der Waals surface area (Å²) in [4.78, 5) is 17.8. The normalized spacial score (nSPS) is 19.2. The number of hydrogen-bond donors (Lipinski definition) is 1. The van der Waals surface area contributed by atoms with Crippen molar-refractivity contribution in [1.29, 1.82) is 0 Å². The van der Waals surface area contributed by atoms with Crippen LogP contribution in [0.15, 0.2) is 12.3 Å². The van der Waals surface area contributed by atoms with Gasteiger partial charge in [-0.25, -0.2) is 4.98 Å². The number of aromatic nitrogens is 1. The zero-order chi connectivity index (χ0) is 13.8. The number of pyridine rings is 1. The van der Waals surface area contributed by atoms with Crippen LogP contribution in [0.25, 0.3) is 0 Å². The van der Waals surface area contributed by atoms with E-state index in [9.17, 15) is 4.79 Å². The molecule has 0 bridgehead atoms. The summed E-state index contributed by atoms with van der Waals surface area (Å²) >= 11 is 5.88. The number of rotatable bonds is 3. The molecule has 2 rings (SSSR count). The molecule has 0 radical (unpaired) electrons. The van der Waals surface area contributed by atoms with E-state index in [4.69, 9.17) is 22.1 Å². The van der Waals surface area contributed by atoms with E-state index in [2.05, 4.69) is 4.98 Å². The van der Waals surface area contributed by atoms with Crippen LogP contribution in [0.4, 0.5) is 5.82 Å². The monoisotopic (exact) mass is 283 g/mol. The highest BCUT2D eigenvalue weighted by molar-refractivity contribution is 6.33. The van der Waals surface area contributed by atoms with Gasteiger partial charge in [-0.05, 0) is 24.8 Å². The van der Waals surface area contributed by atoms with Crippen molar-refractivity contribution >= 4 is 23.3 Å². The number of anilines is 1. The number of halogens is 1. The summed E-state index contributed by atoms with van der Waals surface area (Å²) in [6.45, 7) is 2.23. The standard InChI is InChI=1S/C13H18ClN3O2/c1-17(7-9-3-2-4-19-8-9)13(18)10-5-11(14)12(15)16-6-10/h5-6,9H,2-4,7-8H2,1H3,(H2,15,16). The molecule has 19 heavy (non-hydrogen) atoms. The van der Waals surface area contributed by atoms with E-state index < -0.39 is 0 Å². The van der Waals surface area contributed by atoms with Crippen LogP contribution in [0.5, 0.6) is 0 Å². The van der Waals surface area contributed by atoms with E-state index in [-0.39, 0.29) is 11.7 Å². The Hall–Kier alpha value is -1.33. The fraction of sp³-hybridized carbons (Fsp3) is 0.538. The molecular formula is C13H18ClN3O2. The van der Waals surface area contributed by atoms with E-state index in [0.29, 0.717) is 23.0 Å². The lowest BCUT2D eigenvalue weighted by Crippen LogP contribution is -2.35. The molecule has 1 aromatic rings. The quantitative estimate of drug-likeness (QED) is 0.919. The Morgan fingerprint density at radius 1 is 1.68 bits per heavy atom. The molecule has 1 aromatic heterocycles. The molecule has 1 atom stereocenters. The van der Waals surface area contributed by atoms with Crippen molar-refractivity contribution in [3.8, 4) is 0 Å². The largest absolute Gasteiger partial charge is 0.382 e. The van der Waals surface area contributed by atoms with Crippen molar-refractivity contribution in [1.82, 2.24) is 9.88 Å². The van der Waals surface area contributed by atoms with Crippen LogP contribution >= 0.6 is 11.6 Å². The van der Waals surface area contributed by atoms with Crippen molar-refractivity contribution in [3.05, 3.63) is 22.8 Å². The Kier molecular flexibility index (Phi) is 4.61. The lowest BCUT2D eigenvalue weighted by atomic mass is 10.0. The number of ether oxygens (including phenoxy) is 1. The molecule has 0 saturated carbocycles. The average Bonchev–Trinajstić information content (AvgIpc) is 2.42. The van der Waals surface area contributed by atoms with Crippen molar-refractivity contribution in [2.75, 3.05) is 32.5 Å². The molecule has 1 saturated heterocycles. The molecule has 1 amide bonds. The lowest BCUT2D eigenvalue weighted by molar-refractivity contribution is 0.0388. The second-order valence-electron chi connectivity index (χ2n) is 4.86. The van der Waals surface area contributed by atoms with Gasteiger partial charge in [-0.15, -0.1) is 0 Å². The third-order valence-electron chi connectivity index (χ3n) is 3.25. The second-order valence-corrected chi connectivity index (χ2v) is 5.27. The number of hydrogen-bond acceptors (Lipinski definition) is 4. The van der Waals surface area contributed by atoms with Gasteiger partial charge in [-0.2, -0.15) is 0 Å². The van der Waals surface area contributed by atoms with Crippen LogP contribution in [-0.2, 0) is 4.74 Å². The number of amides is 1. The van der Waals surface area contributed by atoms with Crippen LogP contribution in [0, 0.1) is 5.92 Å². The van der Waals surface area contributed by atoms with E-state index in [1.54, 1.807) is 18.0 Å². The molecule has 0 spiro atoms. The fourth-order valence-electron chi connectivity index (χ4n) is 2.21. The van der Waals surface area contributed by atoms with Gasteiger partial charge in [0.2, 0.25) is 0 Å². The minimum absolute atomic E-state index is 0.0972. The van der Waals surface area contributed by atoms with Gasteiger partial charge in [0.05, 0.1) is 17.2 Å². The van der Waals surface area contributed by atoms with E-state index in [0.717, 1.165) is 26.1 Å². The predicted octanol–water partition coefficient (Wildman–Crippen LogP) is 1.82. The molecule has 1 aliphatic rings. The first-order chi connectivity index (χ1) is 9.08. The highest BCUT2D eigenvalue weighted by atomic mass is 35.5. The molecule has 1 fully saturated rings. The van der Waals surface area contributed by atoms with Gasteiger partial charge in [-0.3, -0.25) is 4.79 Å². The van der Waals surface area contributed by atoms with Crippen LogP contribution in [0.1, 0.15) is 23.2 Å². The number of nitrogens with two attached hydrogens (primary N) is 1. The van der Waals surface area contributed by atoms with Gasteiger partial charge in [0.25, 0.3) is 5.91 Å². The summed E-state index contributed by atoms with van der Waals surface area (Å²) in [5, 5.41) is 0.306. The smallest absolute Gasteiger partial charge is 0.255 e. The lowest BCUT2D eigenvalue weighted by Gasteiger charge is -2.27. The number of nitrogens with zero attached hydrogens (tertiary/aromatic N) is 2. The summed E-state index contributed by atoms with van der Waals surface area (Å²) in [6.07, 6.45) is 3.61. The molecule has 1 unspecified atom stereocenters. The zero-order valence-electron chi connectivity index (χ0n) is 10.9. The van der Waals surface area contributed by atoms with Crippen molar-refractivity contribution in [2.45, 2.75) is 12.8 Å². The highest BCUT2D eigenvalue weighted by Crippen LogP contribution is 2.19. The van der Waals surface area contributed by atoms with Crippen LogP contribution in [-0.4, -0.2) is 42.6 Å². The van der Waals surface area contributed by atoms with Crippen LogP contribution < -0.4 is 5.73 Å². The van der Waals surface area contributed by atoms with E-state index in [1.165, 1.54) is 6.20 Å². The molecule has 5 nitrogen and oxygen atoms in total. The molecule has 2 heterocycles. The first kappa shape index (κ1) is 14.1. The van der Waals surface area contributed by atoms with E-state index >= 15 is 0 Å². The third-order valence-corrected chi connectivity index (χ3v) is 3.55. The number of nitrogen functional groups attached to an aromatic ring is 1. The van der Waals surface area contributed by atoms with Crippen molar-refractivity contribution < 1.29 is 9.53 Å². The second kappa shape index (κ2) is 6.21. The minimum Gasteiger partial charge on any atom is -0.382 e. The average molecular weight is 284 g/mol. The molecule has 0 aromatic carbocycles. The minimum atomic E-state index is -0.0972. The highest BCUT2D eigenvalue weighted by Gasteiger charge is 2.20. The Morgan fingerprint density at radius 3 is 3.11 bits per heavy atom. The van der Waals surface area contributed by atoms with Gasteiger partial charge >= 0.3 is 0 Å². The Labute approximate surface area is 117 Å². The van der Waals surface area contributed by atoms with Gasteiger partial charge < -0.3 is 15.4 Å². The SMILES string of the molecule is CN(CC1CCCOC1)C(=O)c1cnc(N)c(Cl)c1. The van der Waals surface area contributed by atoms with Gasteiger partial charge in [0.15, 0.2) is 0 Å². The zero-order valence-corrected chi connectivity index (χ0v) is 11.7. The van der Waals surface area contributed by atoms with Crippen LogP contribution in [0.3, 0.4) is 0 Å². The first-order valence-corrected chi connectivity index (χ1v) is 6.70. The molecule has 6 heteroatoms. The maximum absolute atomic E-state index is 12.2. The van der Waals surface area contributed by atoms with Crippen LogP contribution in [0.2, 0.25) is 5.02 Å². The molecule has 0 aliphatic carbocycles. The Balaban J connectivity index is 1.99. The van der Waals surface area contributed by atoms with Gasteiger partial charge in [0, 0.05) is 26.4 Å². The summed E-state index contributed by atoms with van der Waals surface area (Å²) in [5.41, 5.74) is 5.99. The Morgan fingerprint density at radius 2 is 2.47 bits per heavy atom. The maximum atomic E-state index is 12.2. The topological polar surface area (TPSA) is 68.5 Å². The third kappa shape index (κ3) is 3.58. The number of carbonyl (C=O) groups excluding carboxylic acids is 1. The number of carbonyl (C=O) groups is 1. The first-order valence-electron chi connectivity index (χ1n) is 6.32. The van der Waals surface area contributed by atoms with E-state index in [1.807, 2.05) is 0 Å². The molecule has 2 N–H and O–H groups in total. The predicted molar refractivity (Wildman–Crippen MR) is 74.2 cm³/mol.